The van der Waals surface area contributed by atoms with Crippen LogP contribution in [0.15, 0.2) is 24.3 Å². The maximum atomic E-state index is 13.5. The van der Waals surface area contributed by atoms with Crippen LogP contribution in [-0.2, 0) is 11.2 Å². The Kier molecular flexibility index (Phi) is 7.03. The molecule has 1 aliphatic heterocycles. The summed E-state index contributed by atoms with van der Waals surface area (Å²) in [6.45, 7) is 8.72. The normalized spacial score (nSPS) is 22.0. The van der Waals surface area contributed by atoms with E-state index in [4.69, 9.17) is 0 Å². The molecule has 0 spiro atoms. The first-order valence-corrected chi connectivity index (χ1v) is 8.77. The van der Waals surface area contributed by atoms with Gasteiger partial charge in [-0.05, 0) is 49.3 Å². The Bertz CT molecular complexity index is 496. The summed E-state index contributed by atoms with van der Waals surface area (Å²) >= 11 is 0. The molecule has 1 N–H and O–H groups in total. The summed E-state index contributed by atoms with van der Waals surface area (Å²) in [6.07, 6.45) is 3.10. The van der Waals surface area contributed by atoms with Crippen LogP contribution in [0.5, 0.6) is 0 Å². The van der Waals surface area contributed by atoms with Crippen molar-refractivity contribution < 1.29 is 9.18 Å². The van der Waals surface area contributed by atoms with Crippen molar-refractivity contribution in [1.82, 2.24) is 10.2 Å². The van der Waals surface area contributed by atoms with Gasteiger partial charge in [0.2, 0.25) is 5.91 Å². The number of benzene rings is 1. The van der Waals surface area contributed by atoms with Crippen LogP contribution in [0.1, 0.15) is 38.7 Å². The molecular formula is C19H29FN2O. The Balaban J connectivity index is 1.59. The maximum absolute atomic E-state index is 13.5. The van der Waals surface area contributed by atoms with Crippen molar-refractivity contribution in [3.8, 4) is 0 Å². The van der Waals surface area contributed by atoms with E-state index in [0.717, 1.165) is 24.8 Å². The molecule has 0 bridgehead atoms. The lowest BCUT2D eigenvalue weighted by Gasteiger charge is -2.34. The predicted octanol–water partition coefficient (Wildman–Crippen LogP) is 3.24. The number of nitrogens with zero attached hydrogens (tertiary/aromatic N) is 1. The van der Waals surface area contributed by atoms with E-state index in [0.29, 0.717) is 24.9 Å². The number of hydrogen-bond donors (Lipinski definition) is 1. The molecule has 23 heavy (non-hydrogen) atoms. The lowest BCUT2D eigenvalue weighted by Crippen LogP contribution is -2.40. The molecule has 128 valence electrons. The molecule has 1 fully saturated rings. The molecule has 1 aromatic rings. The highest BCUT2D eigenvalue weighted by atomic mass is 19.1. The standard InChI is InChI=1S/C19H29FN2O/c1-15-12-16(2)14-22(13-15)11-5-10-21-19(23)9-8-17-6-3-4-7-18(17)20/h3-4,6-7,15-16H,5,8-14H2,1-2H3,(H,21,23)/t15-,16-/m0/s1. The van der Waals surface area contributed by atoms with Crippen molar-refractivity contribution in [2.24, 2.45) is 11.8 Å². The fraction of sp³-hybridized carbons (Fsp3) is 0.632. The number of likely N-dealkylation sites (tertiary alicyclic amines) is 1. The number of aryl methyl sites for hydroxylation is 1. The summed E-state index contributed by atoms with van der Waals surface area (Å²) in [6, 6.07) is 6.65. The van der Waals surface area contributed by atoms with Gasteiger partial charge in [0.25, 0.3) is 0 Å². The van der Waals surface area contributed by atoms with Gasteiger partial charge in [-0.25, -0.2) is 4.39 Å². The lowest BCUT2D eigenvalue weighted by atomic mass is 9.92. The van der Waals surface area contributed by atoms with E-state index in [1.54, 1.807) is 18.2 Å². The monoisotopic (exact) mass is 320 g/mol. The zero-order chi connectivity index (χ0) is 16.7. The van der Waals surface area contributed by atoms with Crippen molar-refractivity contribution >= 4 is 5.91 Å². The van der Waals surface area contributed by atoms with Crippen molar-refractivity contribution in [1.29, 1.82) is 0 Å². The quantitative estimate of drug-likeness (QED) is 0.782. The zero-order valence-electron chi connectivity index (χ0n) is 14.4. The van der Waals surface area contributed by atoms with E-state index in [9.17, 15) is 9.18 Å². The van der Waals surface area contributed by atoms with Gasteiger partial charge in [0.1, 0.15) is 5.82 Å². The van der Waals surface area contributed by atoms with Crippen LogP contribution in [0.4, 0.5) is 4.39 Å². The number of amides is 1. The first-order valence-electron chi connectivity index (χ1n) is 8.77. The topological polar surface area (TPSA) is 32.3 Å². The summed E-state index contributed by atoms with van der Waals surface area (Å²) in [5.41, 5.74) is 0.610. The van der Waals surface area contributed by atoms with Crippen molar-refractivity contribution in [3.63, 3.8) is 0 Å². The predicted molar refractivity (Wildman–Crippen MR) is 91.7 cm³/mol. The molecule has 0 aliphatic carbocycles. The third-order valence-corrected chi connectivity index (χ3v) is 4.50. The van der Waals surface area contributed by atoms with Gasteiger partial charge in [0, 0.05) is 26.1 Å². The van der Waals surface area contributed by atoms with E-state index < -0.39 is 0 Å². The van der Waals surface area contributed by atoms with Crippen LogP contribution in [0.25, 0.3) is 0 Å². The molecule has 1 saturated heterocycles. The molecule has 1 aromatic carbocycles. The summed E-state index contributed by atoms with van der Waals surface area (Å²) in [5, 5.41) is 2.95. The minimum absolute atomic E-state index is 0.00799. The van der Waals surface area contributed by atoms with E-state index in [2.05, 4.69) is 24.1 Å². The zero-order valence-corrected chi connectivity index (χ0v) is 14.4. The number of halogens is 1. The van der Waals surface area contributed by atoms with Gasteiger partial charge in [0.05, 0.1) is 0 Å². The molecule has 1 aliphatic rings. The van der Waals surface area contributed by atoms with Gasteiger partial charge in [-0.3, -0.25) is 4.79 Å². The highest BCUT2D eigenvalue weighted by Crippen LogP contribution is 2.20. The van der Waals surface area contributed by atoms with E-state index in [1.165, 1.54) is 25.6 Å². The fourth-order valence-corrected chi connectivity index (χ4v) is 3.54. The number of carbonyl (C=O) groups excluding carboxylic acids is 1. The fourth-order valence-electron chi connectivity index (χ4n) is 3.54. The number of hydrogen-bond acceptors (Lipinski definition) is 2. The molecule has 4 heteroatoms. The summed E-state index contributed by atoms with van der Waals surface area (Å²) in [5.74, 6) is 1.32. The van der Waals surface area contributed by atoms with Crippen LogP contribution in [-0.4, -0.2) is 37.0 Å². The third kappa shape index (κ3) is 6.30. The highest BCUT2D eigenvalue weighted by Gasteiger charge is 2.20. The Morgan fingerprint density at radius 2 is 1.96 bits per heavy atom. The second-order valence-corrected chi connectivity index (χ2v) is 7.00. The van der Waals surface area contributed by atoms with Gasteiger partial charge in [-0.15, -0.1) is 0 Å². The summed E-state index contributed by atoms with van der Waals surface area (Å²) < 4.78 is 13.5. The minimum Gasteiger partial charge on any atom is -0.356 e. The molecule has 0 radical (unpaired) electrons. The average molecular weight is 320 g/mol. The Morgan fingerprint density at radius 1 is 1.26 bits per heavy atom. The number of nitrogens with one attached hydrogen (secondary N) is 1. The van der Waals surface area contributed by atoms with Crippen LogP contribution in [0.3, 0.4) is 0 Å². The molecule has 0 unspecified atom stereocenters. The Hall–Kier alpha value is -1.42. The van der Waals surface area contributed by atoms with E-state index in [-0.39, 0.29) is 11.7 Å². The molecule has 0 aromatic heterocycles. The van der Waals surface area contributed by atoms with Crippen LogP contribution in [0, 0.1) is 17.7 Å². The van der Waals surface area contributed by atoms with Crippen molar-refractivity contribution in [2.75, 3.05) is 26.2 Å². The molecule has 2 rings (SSSR count). The molecule has 1 heterocycles. The largest absolute Gasteiger partial charge is 0.356 e. The minimum atomic E-state index is -0.228. The number of rotatable bonds is 7. The molecule has 2 atom stereocenters. The SMILES string of the molecule is C[C@H]1C[C@H](C)CN(CCCNC(=O)CCc2ccccc2F)C1. The van der Waals surface area contributed by atoms with E-state index in [1.807, 2.05) is 0 Å². The molecular weight excluding hydrogens is 291 g/mol. The molecule has 3 nitrogen and oxygen atoms in total. The first-order chi connectivity index (χ1) is 11.0. The van der Waals surface area contributed by atoms with Crippen LogP contribution < -0.4 is 5.32 Å². The van der Waals surface area contributed by atoms with Crippen LogP contribution in [0.2, 0.25) is 0 Å². The van der Waals surface area contributed by atoms with Gasteiger partial charge in [0.15, 0.2) is 0 Å². The smallest absolute Gasteiger partial charge is 0.220 e. The molecule has 0 saturated carbocycles. The number of carbonyl (C=O) groups is 1. The highest BCUT2D eigenvalue weighted by molar-refractivity contribution is 5.76. The van der Waals surface area contributed by atoms with Gasteiger partial charge in [-0.1, -0.05) is 32.0 Å². The number of piperidine rings is 1. The molecule has 1 amide bonds. The second-order valence-electron chi connectivity index (χ2n) is 7.00. The Labute approximate surface area is 139 Å². The third-order valence-electron chi connectivity index (χ3n) is 4.50. The van der Waals surface area contributed by atoms with Gasteiger partial charge in [-0.2, -0.15) is 0 Å². The van der Waals surface area contributed by atoms with E-state index >= 15 is 0 Å². The second kappa shape index (κ2) is 9.02. The van der Waals surface area contributed by atoms with Crippen molar-refractivity contribution in [3.05, 3.63) is 35.6 Å². The van der Waals surface area contributed by atoms with Crippen molar-refractivity contribution in [2.45, 2.75) is 39.5 Å². The first kappa shape index (κ1) is 17.9. The average Bonchev–Trinajstić information content (AvgIpc) is 2.50. The Morgan fingerprint density at radius 3 is 2.65 bits per heavy atom. The lowest BCUT2D eigenvalue weighted by molar-refractivity contribution is -0.121. The van der Waals surface area contributed by atoms with Crippen LogP contribution >= 0.6 is 0 Å². The summed E-state index contributed by atoms with van der Waals surface area (Å²) in [4.78, 5) is 14.3. The summed E-state index contributed by atoms with van der Waals surface area (Å²) in [7, 11) is 0. The van der Waals surface area contributed by atoms with Gasteiger partial charge >= 0.3 is 0 Å². The maximum Gasteiger partial charge on any atom is 0.220 e. The van der Waals surface area contributed by atoms with Gasteiger partial charge < -0.3 is 10.2 Å².